The van der Waals surface area contributed by atoms with E-state index in [2.05, 4.69) is 10.3 Å². The molecule has 1 unspecified atom stereocenters. The molecule has 4 aromatic rings. The normalized spacial score (nSPS) is 11.7. The topological polar surface area (TPSA) is 115 Å². The maximum atomic E-state index is 13.1. The highest BCUT2D eigenvalue weighted by Crippen LogP contribution is 2.38. The first kappa shape index (κ1) is 22.0. The van der Waals surface area contributed by atoms with Crippen LogP contribution in [0.3, 0.4) is 0 Å². The van der Waals surface area contributed by atoms with Crippen LogP contribution in [0.4, 0.5) is 5.69 Å². The molecule has 4 rings (SSSR count). The van der Waals surface area contributed by atoms with Gasteiger partial charge in [-0.3, -0.25) is 19.9 Å². The lowest BCUT2D eigenvalue weighted by atomic mass is 9.95. The molecule has 0 saturated heterocycles. The predicted molar refractivity (Wildman–Crippen MR) is 124 cm³/mol. The number of nitrogens with one attached hydrogen (secondary N) is 1. The van der Waals surface area contributed by atoms with Gasteiger partial charge in [-0.05, 0) is 54.1 Å². The quantitative estimate of drug-likeness (QED) is 0.306. The van der Waals surface area contributed by atoms with Gasteiger partial charge in [0.25, 0.3) is 11.6 Å². The maximum absolute atomic E-state index is 13.1. The minimum Gasteiger partial charge on any atom is -0.505 e. The number of phenolic OH excluding ortho intramolecular Hbond substituents is 1. The Morgan fingerprint density at radius 2 is 1.91 bits per heavy atom. The lowest BCUT2D eigenvalue weighted by molar-refractivity contribution is -0.384. The van der Waals surface area contributed by atoms with E-state index in [4.69, 9.17) is 16.3 Å². The van der Waals surface area contributed by atoms with Crippen LogP contribution in [0.2, 0.25) is 5.02 Å². The van der Waals surface area contributed by atoms with E-state index in [0.717, 1.165) is 0 Å². The number of nitro groups is 1. The van der Waals surface area contributed by atoms with E-state index in [9.17, 15) is 20.0 Å². The standard InChI is InChI=1S/C24H18ClN3O5/c1-33-17-5-2-4-15(12-17)24(30)27-21(14-7-9-16(10-8-14)28(31)32)19-13-20(25)18-6-3-11-26-22(18)23(19)29/h2-13,21,29H,1H3,(H,27,30). The number of aromatic hydroxyl groups is 1. The summed E-state index contributed by atoms with van der Waals surface area (Å²) in [4.78, 5) is 27.9. The zero-order chi connectivity index (χ0) is 23.5. The molecular formula is C24H18ClN3O5. The van der Waals surface area contributed by atoms with Gasteiger partial charge in [0.2, 0.25) is 0 Å². The molecule has 0 aliphatic carbocycles. The van der Waals surface area contributed by atoms with Gasteiger partial charge in [0, 0.05) is 34.8 Å². The molecule has 0 radical (unpaired) electrons. The number of ether oxygens (including phenoxy) is 1. The summed E-state index contributed by atoms with van der Waals surface area (Å²) in [5.74, 6) is -0.0754. The number of carbonyl (C=O) groups excluding carboxylic acids is 1. The summed E-state index contributed by atoms with van der Waals surface area (Å²) in [5.41, 5.74) is 1.34. The molecule has 1 atom stereocenters. The fourth-order valence-corrected chi connectivity index (χ4v) is 3.80. The zero-order valence-electron chi connectivity index (χ0n) is 17.4. The van der Waals surface area contributed by atoms with Crippen molar-refractivity contribution in [2.24, 2.45) is 0 Å². The fraction of sp³-hybridized carbons (Fsp3) is 0.0833. The molecular weight excluding hydrogens is 446 g/mol. The van der Waals surface area contributed by atoms with Gasteiger partial charge in [0.1, 0.15) is 17.0 Å². The maximum Gasteiger partial charge on any atom is 0.269 e. The molecule has 0 bridgehead atoms. The number of hydrogen-bond acceptors (Lipinski definition) is 6. The van der Waals surface area contributed by atoms with E-state index < -0.39 is 16.9 Å². The average Bonchev–Trinajstić information content (AvgIpc) is 2.85. The highest BCUT2D eigenvalue weighted by molar-refractivity contribution is 6.35. The Hall–Kier alpha value is -4.17. The largest absolute Gasteiger partial charge is 0.505 e. The second-order valence-corrected chi connectivity index (χ2v) is 7.59. The molecule has 33 heavy (non-hydrogen) atoms. The number of carbonyl (C=O) groups is 1. The molecule has 166 valence electrons. The minimum absolute atomic E-state index is 0.0981. The second kappa shape index (κ2) is 9.13. The second-order valence-electron chi connectivity index (χ2n) is 7.18. The Labute approximate surface area is 193 Å². The van der Waals surface area contributed by atoms with Crippen molar-refractivity contribution >= 4 is 34.1 Å². The van der Waals surface area contributed by atoms with Gasteiger partial charge in [-0.1, -0.05) is 17.7 Å². The monoisotopic (exact) mass is 463 g/mol. The first-order valence-corrected chi connectivity index (χ1v) is 10.2. The van der Waals surface area contributed by atoms with Crippen molar-refractivity contribution in [3.63, 3.8) is 0 Å². The number of phenols is 1. The number of fused-ring (bicyclic) bond motifs is 1. The van der Waals surface area contributed by atoms with Crippen molar-refractivity contribution in [1.82, 2.24) is 10.3 Å². The van der Waals surface area contributed by atoms with Gasteiger partial charge < -0.3 is 15.2 Å². The first-order chi connectivity index (χ1) is 15.9. The smallest absolute Gasteiger partial charge is 0.269 e. The Morgan fingerprint density at radius 3 is 2.61 bits per heavy atom. The SMILES string of the molecule is COc1cccc(C(=O)NC(c2ccc([N+](=O)[O-])cc2)c2cc(Cl)c3cccnc3c2O)c1. The molecule has 0 fully saturated rings. The van der Waals surface area contributed by atoms with Crippen LogP contribution in [0.5, 0.6) is 11.5 Å². The van der Waals surface area contributed by atoms with Crippen LogP contribution in [-0.4, -0.2) is 28.0 Å². The van der Waals surface area contributed by atoms with Crippen molar-refractivity contribution in [1.29, 1.82) is 0 Å². The van der Waals surface area contributed by atoms with E-state index in [1.807, 2.05) is 0 Å². The number of methoxy groups -OCH3 is 1. The Bertz CT molecular complexity index is 1360. The number of nitro benzene ring substituents is 1. The van der Waals surface area contributed by atoms with Crippen molar-refractivity contribution < 1.29 is 19.6 Å². The summed E-state index contributed by atoms with van der Waals surface area (Å²) in [6.07, 6.45) is 1.53. The number of non-ortho nitro benzene ring substituents is 1. The third-order valence-electron chi connectivity index (χ3n) is 5.20. The summed E-state index contributed by atoms with van der Waals surface area (Å²) in [5, 5.41) is 25.9. The number of amides is 1. The molecule has 0 aliphatic heterocycles. The fourth-order valence-electron chi connectivity index (χ4n) is 3.53. The highest BCUT2D eigenvalue weighted by Gasteiger charge is 2.24. The Balaban J connectivity index is 1.83. The number of pyridine rings is 1. The number of aromatic nitrogens is 1. The summed E-state index contributed by atoms with van der Waals surface area (Å²) >= 11 is 6.46. The van der Waals surface area contributed by atoms with E-state index >= 15 is 0 Å². The van der Waals surface area contributed by atoms with E-state index in [-0.39, 0.29) is 17.0 Å². The summed E-state index contributed by atoms with van der Waals surface area (Å²) in [6.45, 7) is 0. The first-order valence-electron chi connectivity index (χ1n) is 9.84. The highest BCUT2D eigenvalue weighted by atomic mass is 35.5. The lowest BCUT2D eigenvalue weighted by Crippen LogP contribution is -2.29. The molecule has 2 N–H and O–H groups in total. The molecule has 0 spiro atoms. The summed E-state index contributed by atoms with van der Waals surface area (Å²) in [7, 11) is 1.50. The van der Waals surface area contributed by atoms with Crippen LogP contribution >= 0.6 is 11.6 Å². The van der Waals surface area contributed by atoms with Crippen LogP contribution < -0.4 is 10.1 Å². The zero-order valence-corrected chi connectivity index (χ0v) is 18.1. The Kier molecular flexibility index (Phi) is 6.10. The molecule has 3 aromatic carbocycles. The summed E-state index contributed by atoms with van der Waals surface area (Å²) in [6, 6.07) is 16.4. The van der Waals surface area contributed by atoms with Crippen molar-refractivity contribution in [3.05, 3.63) is 105 Å². The van der Waals surface area contributed by atoms with E-state index in [1.165, 1.54) is 37.6 Å². The molecule has 8 nitrogen and oxygen atoms in total. The molecule has 0 aliphatic rings. The van der Waals surface area contributed by atoms with Crippen LogP contribution in [0.1, 0.15) is 27.5 Å². The Morgan fingerprint density at radius 1 is 1.15 bits per heavy atom. The molecule has 1 aromatic heterocycles. The van der Waals surface area contributed by atoms with Gasteiger partial charge in [0.05, 0.1) is 23.1 Å². The number of halogens is 1. The van der Waals surface area contributed by atoms with Gasteiger partial charge in [-0.2, -0.15) is 0 Å². The minimum atomic E-state index is -0.867. The molecule has 1 heterocycles. The van der Waals surface area contributed by atoms with Crippen LogP contribution in [0.25, 0.3) is 10.9 Å². The average molecular weight is 464 g/mol. The van der Waals surface area contributed by atoms with Crippen molar-refractivity contribution in [2.75, 3.05) is 7.11 Å². The van der Waals surface area contributed by atoms with Gasteiger partial charge >= 0.3 is 0 Å². The number of hydrogen-bond donors (Lipinski definition) is 2. The third-order valence-corrected chi connectivity index (χ3v) is 5.51. The number of benzene rings is 3. The molecule has 1 amide bonds. The van der Waals surface area contributed by atoms with Crippen LogP contribution in [0, 0.1) is 10.1 Å². The van der Waals surface area contributed by atoms with Crippen LogP contribution in [-0.2, 0) is 0 Å². The van der Waals surface area contributed by atoms with Gasteiger partial charge in [-0.15, -0.1) is 0 Å². The van der Waals surface area contributed by atoms with Gasteiger partial charge in [0.15, 0.2) is 0 Å². The molecule has 0 saturated carbocycles. The predicted octanol–water partition coefficient (Wildman–Crippen LogP) is 5.03. The van der Waals surface area contributed by atoms with E-state index in [0.29, 0.717) is 32.8 Å². The van der Waals surface area contributed by atoms with E-state index in [1.54, 1.807) is 42.5 Å². The van der Waals surface area contributed by atoms with Gasteiger partial charge in [-0.25, -0.2) is 0 Å². The number of nitrogens with zero attached hydrogens (tertiary/aromatic N) is 2. The third kappa shape index (κ3) is 4.42. The lowest BCUT2D eigenvalue weighted by Gasteiger charge is -2.22. The van der Waals surface area contributed by atoms with Crippen molar-refractivity contribution in [2.45, 2.75) is 6.04 Å². The number of rotatable bonds is 6. The summed E-state index contributed by atoms with van der Waals surface area (Å²) < 4.78 is 5.19. The molecule has 9 heteroatoms. The van der Waals surface area contributed by atoms with Crippen molar-refractivity contribution in [3.8, 4) is 11.5 Å². The van der Waals surface area contributed by atoms with Crippen LogP contribution in [0.15, 0.2) is 72.9 Å².